The van der Waals surface area contributed by atoms with Gasteiger partial charge in [-0.15, -0.1) is 11.6 Å². The van der Waals surface area contributed by atoms with Crippen LogP contribution in [-0.4, -0.2) is 80.6 Å². The second kappa shape index (κ2) is 15.8. The monoisotopic (exact) mass is 467 g/mol. The van der Waals surface area contributed by atoms with E-state index in [9.17, 15) is 18.0 Å². The highest BCUT2D eigenvalue weighted by Gasteiger charge is 2.36. The summed E-state index contributed by atoms with van der Waals surface area (Å²) in [5.74, 6) is -0.912. The second-order valence-electron chi connectivity index (χ2n) is 6.66. The molecule has 10 heteroatoms. The van der Waals surface area contributed by atoms with Gasteiger partial charge in [-0.1, -0.05) is 25.2 Å². The van der Waals surface area contributed by atoms with Crippen LogP contribution in [-0.2, 0) is 14.3 Å². The maximum absolute atomic E-state index is 13.1. The van der Waals surface area contributed by atoms with E-state index >= 15 is 0 Å². The molecular formula is C21H33ClF3N3O3. The smallest absolute Gasteiger partial charge is 0.432 e. The van der Waals surface area contributed by atoms with Crippen molar-refractivity contribution < 1.29 is 27.4 Å². The molecule has 0 aliphatic heterocycles. The Balaban J connectivity index is 5.31. The van der Waals surface area contributed by atoms with E-state index in [-0.39, 0.29) is 19.8 Å². The molecule has 0 N–H and O–H groups in total. The van der Waals surface area contributed by atoms with E-state index in [2.05, 4.69) is 5.10 Å². The quantitative estimate of drug-likeness (QED) is 0.0947. The van der Waals surface area contributed by atoms with Gasteiger partial charge in [0.25, 0.3) is 0 Å². The normalized spacial score (nSPS) is 13.8. The lowest BCUT2D eigenvalue weighted by Gasteiger charge is -2.21. The minimum absolute atomic E-state index is 0.0165. The topological polar surface area (TPSA) is 54.4 Å². The molecule has 0 rings (SSSR count). The lowest BCUT2D eigenvalue weighted by molar-refractivity contribution is -0.145. The molecule has 178 valence electrons. The van der Waals surface area contributed by atoms with Crippen LogP contribution in [0.25, 0.3) is 0 Å². The molecule has 31 heavy (non-hydrogen) atoms. The van der Waals surface area contributed by atoms with E-state index in [0.29, 0.717) is 12.3 Å². The number of hydrogen-bond donors (Lipinski definition) is 0. The Morgan fingerprint density at radius 2 is 1.77 bits per heavy atom. The summed E-state index contributed by atoms with van der Waals surface area (Å²) in [6.07, 6.45) is 3.49. The molecule has 0 aliphatic carbocycles. The summed E-state index contributed by atoms with van der Waals surface area (Å²) in [5, 5.41) is 4.52. The molecular weight excluding hydrogens is 435 g/mol. The molecule has 0 aromatic carbocycles. The van der Waals surface area contributed by atoms with Crippen LogP contribution >= 0.6 is 11.6 Å². The number of hydrazone groups is 1. The molecule has 0 saturated heterocycles. The fraction of sp³-hybridized carbons (Fsp3) is 0.619. The van der Waals surface area contributed by atoms with Gasteiger partial charge in [0.05, 0.1) is 12.4 Å². The van der Waals surface area contributed by atoms with Crippen LogP contribution < -0.4 is 0 Å². The highest BCUT2D eigenvalue weighted by Crippen LogP contribution is 2.19. The minimum atomic E-state index is -4.70. The molecule has 0 spiro atoms. The summed E-state index contributed by atoms with van der Waals surface area (Å²) < 4.78 is 50.1. The third-order valence-corrected chi connectivity index (χ3v) is 4.02. The van der Waals surface area contributed by atoms with Gasteiger partial charge >= 0.3 is 12.1 Å². The first kappa shape index (κ1) is 29.0. The predicted octanol–water partition coefficient (Wildman–Crippen LogP) is 4.38. The van der Waals surface area contributed by atoms with E-state index < -0.39 is 30.3 Å². The first-order chi connectivity index (χ1) is 14.6. The zero-order valence-corrected chi connectivity index (χ0v) is 19.6. The van der Waals surface area contributed by atoms with Gasteiger partial charge in [-0.05, 0) is 40.4 Å². The standard InChI is InChI=1S/C21H33ClF3N3O3/c1-6-9-17(8-3)18(10-7-2)30-14-12-28(26-19(15-22)21(23,24)25)16-20(29)31-13-11-27(4)5/h6,8-10H,7,11-16H2,1-5H3. The highest BCUT2D eigenvalue weighted by molar-refractivity contribution is 6.29. The van der Waals surface area contributed by atoms with E-state index in [0.717, 1.165) is 17.0 Å². The van der Waals surface area contributed by atoms with Gasteiger partial charge in [0.15, 0.2) is 5.71 Å². The number of rotatable bonds is 14. The molecule has 0 saturated carbocycles. The number of halogens is 4. The van der Waals surface area contributed by atoms with E-state index in [1.54, 1.807) is 0 Å². The molecule has 0 aliphatic rings. The Bertz CT molecular complexity index is 660. The molecule has 0 atom stereocenters. The van der Waals surface area contributed by atoms with E-state index in [4.69, 9.17) is 21.1 Å². The Hall–Kier alpha value is -2.00. The molecule has 0 amide bonds. The zero-order chi connectivity index (χ0) is 23.9. The van der Waals surface area contributed by atoms with Gasteiger partial charge in [0.1, 0.15) is 25.5 Å². The van der Waals surface area contributed by atoms with Crippen LogP contribution in [0.4, 0.5) is 13.2 Å². The van der Waals surface area contributed by atoms with Crippen LogP contribution in [0, 0.1) is 0 Å². The first-order valence-corrected chi connectivity index (χ1v) is 10.5. The number of carbonyl (C=O) groups is 1. The fourth-order valence-corrected chi connectivity index (χ4v) is 2.44. The third-order valence-electron chi connectivity index (χ3n) is 3.77. The lowest BCUT2D eigenvalue weighted by atomic mass is 10.1. The van der Waals surface area contributed by atoms with Gasteiger partial charge in [-0.2, -0.15) is 18.3 Å². The molecule has 0 aromatic heterocycles. The SMILES string of the molecule is CC=CC(=CC)C(=CCC)OCCN(CC(=O)OCCN(C)C)N=C(CCl)C(F)(F)F. The molecule has 0 unspecified atom stereocenters. The lowest BCUT2D eigenvalue weighted by Crippen LogP contribution is -2.35. The van der Waals surface area contributed by atoms with Crippen molar-refractivity contribution in [3.8, 4) is 0 Å². The summed E-state index contributed by atoms with van der Waals surface area (Å²) in [5.41, 5.74) is -0.345. The molecule has 6 nitrogen and oxygen atoms in total. The average molecular weight is 468 g/mol. The molecule has 0 bridgehead atoms. The molecule has 0 radical (unpaired) electrons. The number of nitrogens with zero attached hydrogens (tertiary/aromatic N) is 3. The number of alkyl halides is 4. The number of allylic oxidation sites excluding steroid dienone is 4. The van der Waals surface area contributed by atoms with Crippen molar-refractivity contribution in [2.75, 3.05) is 52.8 Å². The number of carbonyl (C=O) groups excluding carboxylic acids is 1. The van der Waals surface area contributed by atoms with Crippen molar-refractivity contribution in [3.05, 3.63) is 35.6 Å². The van der Waals surface area contributed by atoms with E-state index in [1.807, 2.05) is 64.1 Å². The van der Waals surface area contributed by atoms with Crippen molar-refractivity contribution in [2.45, 2.75) is 33.4 Å². The van der Waals surface area contributed by atoms with Crippen molar-refractivity contribution in [2.24, 2.45) is 5.10 Å². The molecule has 0 aromatic rings. The number of likely N-dealkylation sites (N-methyl/N-ethyl adjacent to an activating group) is 1. The van der Waals surface area contributed by atoms with Crippen molar-refractivity contribution >= 4 is 23.3 Å². The third kappa shape index (κ3) is 13.1. The summed E-state index contributed by atoms with van der Waals surface area (Å²) in [6.45, 7) is 5.80. The summed E-state index contributed by atoms with van der Waals surface area (Å²) in [6, 6.07) is 0. The Labute approximate surface area is 188 Å². The predicted molar refractivity (Wildman–Crippen MR) is 118 cm³/mol. The minimum Gasteiger partial charge on any atom is -0.491 e. The number of ether oxygens (including phenoxy) is 2. The Morgan fingerprint density at radius 3 is 2.26 bits per heavy atom. The Kier molecular flexibility index (Phi) is 14.7. The highest BCUT2D eigenvalue weighted by atomic mass is 35.5. The first-order valence-electron chi connectivity index (χ1n) is 9.97. The van der Waals surface area contributed by atoms with Gasteiger partial charge < -0.3 is 14.4 Å². The largest absolute Gasteiger partial charge is 0.491 e. The van der Waals surface area contributed by atoms with Crippen molar-refractivity contribution in [1.82, 2.24) is 9.91 Å². The van der Waals surface area contributed by atoms with Gasteiger partial charge in [-0.3, -0.25) is 9.80 Å². The van der Waals surface area contributed by atoms with Gasteiger partial charge in [-0.25, -0.2) is 0 Å². The zero-order valence-electron chi connectivity index (χ0n) is 18.8. The van der Waals surface area contributed by atoms with Crippen LogP contribution in [0.15, 0.2) is 40.7 Å². The van der Waals surface area contributed by atoms with Gasteiger partial charge in [0, 0.05) is 12.1 Å². The molecule has 0 fully saturated rings. The average Bonchev–Trinajstić information content (AvgIpc) is 2.68. The fourth-order valence-electron chi connectivity index (χ4n) is 2.24. The second-order valence-corrected chi connectivity index (χ2v) is 6.93. The summed E-state index contributed by atoms with van der Waals surface area (Å²) >= 11 is 5.42. The van der Waals surface area contributed by atoms with Crippen LogP contribution in [0.1, 0.15) is 27.2 Å². The maximum atomic E-state index is 13.1. The van der Waals surface area contributed by atoms with Crippen LogP contribution in [0.3, 0.4) is 0 Å². The maximum Gasteiger partial charge on any atom is 0.432 e. The summed E-state index contributed by atoms with van der Waals surface area (Å²) in [7, 11) is 3.62. The van der Waals surface area contributed by atoms with Crippen LogP contribution in [0.2, 0.25) is 0 Å². The number of hydrogen-bond acceptors (Lipinski definition) is 6. The Morgan fingerprint density at radius 1 is 1.13 bits per heavy atom. The van der Waals surface area contributed by atoms with Gasteiger partial charge in [0.2, 0.25) is 0 Å². The number of esters is 1. The van der Waals surface area contributed by atoms with Crippen molar-refractivity contribution in [1.29, 1.82) is 0 Å². The molecule has 0 heterocycles. The van der Waals surface area contributed by atoms with Crippen LogP contribution in [0.5, 0.6) is 0 Å². The van der Waals surface area contributed by atoms with E-state index in [1.165, 1.54) is 0 Å². The summed E-state index contributed by atoms with van der Waals surface area (Å²) in [4.78, 5) is 13.9. The van der Waals surface area contributed by atoms with Crippen molar-refractivity contribution in [3.63, 3.8) is 0 Å².